The SMILES string of the molecule is C[C@@H]1CCCN(Cc2ccc(C(=O)Nc3c(Cl)cccc3Cl)cc2)C1. The van der Waals surface area contributed by atoms with Gasteiger partial charge in [-0.15, -0.1) is 0 Å². The van der Waals surface area contributed by atoms with Crippen LogP contribution in [0.1, 0.15) is 35.7 Å². The number of nitrogens with zero attached hydrogens (tertiary/aromatic N) is 1. The Kier molecular flexibility index (Phi) is 6.00. The predicted molar refractivity (Wildman–Crippen MR) is 105 cm³/mol. The monoisotopic (exact) mass is 376 g/mol. The first-order chi connectivity index (χ1) is 12.0. The van der Waals surface area contributed by atoms with Gasteiger partial charge in [-0.05, 0) is 55.1 Å². The van der Waals surface area contributed by atoms with Gasteiger partial charge in [-0.1, -0.05) is 48.3 Å². The van der Waals surface area contributed by atoms with Crippen molar-refractivity contribution in [2.24, 2.45) is 5.92 Å². The topological polar surface area (TPSA) is 32.3 Å². The molecular formula is C20H22Cl2N2O. The Bertz CT molecular complexity index is 726. The molecule has 1 heterocycles. The molecule has 5 heteroatoms. The first-order valence-corrected chi connectivity index (χ1v) is 9.35. The maximum atomic E-state index is 12.4. The van der Waals surface area contributed by atoms with Crippen molar-refractivity contribution in [2.45, 2.75) is 26.3 Å². The second-order valence-electron chi connectivity index (χ2n) is 6.73. The van der Waals surface area contributed by atoms with Crippen molar-refractivity contribution < 1.29 is 4.79 Å². The molecule has 0 aliphatic carbocycles. The zero-order valence-electron chi connectivity index (χ0n) is 14.3. The van der Waals surface area contributed by atoms with Crippen molar-refractivity contribution in [1.82, 2.24) is 4.90 Å². The van der Waals surface area contributed by atoms with E-state index in [4.69, 9.17) is 23.2 Å². The van der Waals surface area contributed by atoms with E-state index >= 15 is 0 Å². The number of amides is 1. The summed E-state index contributed by atoms with van der Waals surface area (Å²) in [5.74, 6) is 0.548. The van der Waals surface area contributed by atoms with Crippen molar-refractivity contribution in [3.05, 3.63) is 63.6 Å². The second-order valence-corrected chi connectivity index (χ2v) is 7.54. The normalized spacial score (nSPS) is 18.1. The molecule has 3 rings (SSSR count). The standard InChI is InChI=1S/C20H22Cl2N2O/c1-14-4-3-11-24(12-14)13-15-7-9-16(10-8-15)20(25)23-19-17(21)5-2-6-18(19)22/h2,5-10,14H,3-4,11-13H2,1H3,(H,23,25)/t14-/m1/s1. The maximum Gasteiger partial charge on any atom is 0.255 e. The lowest BCUT2D eigenvalue weighted by atomic mass is 9.99. The van der Waals surface area contributed by atoms with E-state index in [-0.39, 0.29) is 5.91 Å². The highest BCUT2D eigenvalue weighted by atomic mass is 35.5. The number of benzene rings is 2. The third kappa shape index (κ3) is 4.75. The van der Waals surface area contributed by atoms with E-state index in [1.165, 1.54) is 18.4 Å². The van der Waals surface area contributed by atoms with E-state index in [0.717, 1.165) is 25.6 Å². The molecule has 0 aromatic heterocycles. The number of nitrogens with one attached hydrogen (secondary N) is 1. The van der Waals surface area contributed by atoms with Gasteiger partial charge >= 0.3 is 0 Å². The molecule has 1 fully saturated rings. The second kappa shape index (κ2) is 8.22. The Balaban J connectivity index is 1.64. The van der Waals surface area contributed by atoms with Gasteiger partial charge in [0.15, 0.2) is 0 Å². The van der Waals surface area contributed by atoms with Crippen molar-refractivity contribution in [1.29, 1.82) is 0 Å². The van der Waals surface area contributed by atoms with E-state index < -0.39 is 0 Å². The molecule has 2 aromatic rings. The summed E-state index contributed by atoms with van der Waals surface area (Å²) >= 11 is 12.2. The highest BCUT2D eigenvalue weighted by Crippen LogP contribution is 2.30. The fraction of sp³-hybridized carbons (Fsp3) is 0.350. The first-order valence-electron chi connectivity index (χ1n) is 8.59. The Labute approximate surface area is 158 Å². The zero-order valence-corrected chi connectivity index (χ0v) is 15.8. The molecule has 1 atom stereocenters. The molecule has 0 radical (unpaired) electrons. The molecule has 2 aromatic carbocycles. The van der Waals surface area contributed by atoms with Gasteiger partial charge in [-0.2, -0.15) is 0 Å². The molecule has 0 unspecified atom stereocenters. The summed E-state index contributed by atoms with van der Waals surface area (Å²) in [4.78, 5) is 14.9. The number of hydrogen-bond donors (Lipinski definition) is 1. The molecule has 1 amide bonds. The molecule has 3 nitrogen and oxygen atoms in total. The van der Waals surface area contributed by atoms with Gasteiger partial charge in [0.2, 0.25) is 0 Å². The smallest absolute Gasteiger partial charge is 0.255 e. The summed E-state index contributed by atoms with van der Waals surface area (Å²) in [5.41, 5.74) is 2.26. The molecule has 132 valence electrons. The fourth-order valence-corrected chi connectivity index (χ4v) is 3.74. The summed E-state index contributed by atoms with van der Waals surface area (Å²) in [6, 6.07) is 12.9. The molecular weight excluding hydrogens is 355 g/mol. The molecule has 25 heavy (non-hydrogen) atoms. The van der Waals surface area contributed by atoms with Crippen LogP contribution in [-0.4, -0.2) is 23.9 Å². The number of hydrogen-bond acceptors (Lipinski definition) is 2. The van der Waals surface area contributed by atoms with Crippen LogP contribution >= 0.6 is 23.2 Å². The Morgan fingerprint density at radius 3 is 2.48 bits per heavy atom. The fourth-order valence-electron chi connectivity index (χ4n) is 3.25. The van der Waals surface area contributed by atoms with Gasteiger partial charge in [0.25, 0.3) is 5.91 Å². The van der Waals surface area contributed by atoms with Crippen LogP contribution in [-0.2, 0) is 6.54 Å². The molecule has 0 spiro atoms. The number of para-hydroxylation sites is 1. The van der Waals surface area contributed by atoms with Crippen LogP contribution in [0.3, 0.4) is 0 Å². The Morgan fingerprint density at radius 1 is 1.16 bits per heavy atom. The molecule has 1 aliphatic rings. The average Bonchev–Trinajstić information content (AvgIpc) is 2.59. The maximum absolute atomic E-state index is 12.4. The number of rotatable bonds is 4. The summed E-state index contributed by atoms with van der Waals surface area (Å²) in [7, 11) is 0. The minimum absolute atomic E-state index is 0.215. The number of piperidine rings is 1. The third-order valence-electron chi connectivity index (χ3n) is 4.56. The van der Waals surface area contributed by atoms with E-state index in [1.54, 1.807) is 18.2 Å². The van der Waals surface area contributed by atoms with Crippen molar-refractivity contribution in [2.75, 3.05) is 18.4 Å². The molecule has 1 N–H and O–H groups in total. The van der Waals surface area contributed by atoms with Crippen molar-refractivity contribution in [3.63, 3.8) is 0 Å². The molecule has 0 saturated carbocycles. The van der Waals surface area contributed by atoms with Crippen LogP contribution in [0.4, 0.5) is 5.69 Å². The van der Waals surface area contributed by atoms with Crippen molar-refractivity contribution >= 4 is 34.8 Å². The van der Waals surface area contributed by atoms with Crippen LogP contribution < -0.4 is 5.32 Å². The van der Waals surface area contributed by atoms with E-state index in [9.17, 15) is 4.79 Å². The highest BCUT2D eigenvalue weighted by Gasteiger charge is 2.16. The molecule has 1 saturated heterocycles. The van der Waals surface area contributed by atoms with Crippen LogP contribution in [0.25, 0.3) is 0 Å². The summed E-state index contributed by atoms with van der Waals surface area (Å²) in [5, 5.41) is 3.64. The molecule has 0 bridgehead atoms. The quantitative estimate of drug-likeness (QED) is 0.766. The predicted octanol–water partition coefficient (Wildman–Crippen LogP) is 5.48. The van der Waals surface area contributed by atoms with Crippen LogP contribution in [0, 0.1) is 5.92 Å². The summed E-state index contributed by atoms with van der Waals surface area (Å²) in [6.07, 6.45) is 2.58. The highest BCUT2D eigenvalue weighted by molar-refractivity contribution is 6.40. The van der Waals surface area contributed by atoms with E-state index in [1.807, 2.05) is 24.3 Å². The zero-order chi connectivity index (χ0) is 17.8. The Hall–Kier alpha value is -1.55. The summed E-state index contributed by atoms with van der Waals surface area (Å²) < 4.78 is 0. The number of anilines is 1. The van der Waals surface area contributed by atoms with Gasteiger partial charge in [-0.25, -0.2) is 0 Å². The number of carbonyl (C=O) groups excluding carboxylic acids is 1. The Morgan fingerprint density at radius 2 is 1.84 bits per heavy atom. The number of likely N-dealkylation sites (tertiary alicyclic amines) is 1. The van der Waals surface area contributed by atoms with E-state index in [0.29, 0.717) is 21.3 Å². The lowest BCUT2D eigenvalue weighted by molar-refractivity contribution is 0.102. The number of carbonyl (C=O) groups is 1. The lowest BCUT2D eigenvalue weighted by Gasteiger charge is -2.30. The van der Waals surface area contributed by atoms with Crippen LogP contribution in [0.2, 0.25) is 10.0 Å². The van der Waals surface area contributed by atoms with Gasteiger partial charge < -0.3 is 5.32 Å². The average molecular weight is 377 g/mol. The largest absolute Gasteiger partial charge is 0.319 e. The summed E-state index contributed by atoms with van der Waals surface area (Å²) in [6.45, 7) is 5.53. The van der Waals surface area contributed by atoms with Crippen LogP contribution in [0.15, 0.2) is 42.5 Å². The number of halogens is 2. The minimum atomic E-state index is -0.215. The van der Waals surface area contributed by atoms with Gasteiger partial charge in [0.1, 0.15) is 0 Å². The third-order valence-corrected chi connectivity index (χ3v) is 5.19. The lowest BCUT2D eigenvalue weighted by Crippen LogP contribution is -2.33. The van der Waals surface area contributed by atoms with Gasteiger partial charge in [0.05, 0.1) is 15.7 Å². The first kappa shape index (κ1) is 18.2. The minimum Gasteiger partial charge on any atom is -0.319 e. The van der Waals surface area contributed by atoms with Crippen LogP contribution in [0.5, 0.6) is 0 Å². The van der Waals surface area contributed by atoms with Gasteiger partial charge in [0, 0.05) is 18.7 Å². The van der Waals surface area contributed by atoms with E-state index in [2.05, 4.69) is 17.1 Å². The molecule has 1 aliphatic heterocycles. The van der Waals surface area contributed by atoms with Gasteiger partial charge in [-0.3, -0.25) is 9.69 Å². The van der Waals surface area contributed by atoms with Crippen molar-refractivity contribution in [3.8, 4) is 0 Å².